The van der Waals surface area contributed by atoms with Crippen molar-refractivity contribution in [3.8, 4) is 0 Å². The highest BCUT2D eigenvalue weighted by Gasteiger charge is 1.85. The van der Waals surface area contributed by atoms with Crippen molar-refractivity contribution in [2.75, 3.05) is 0 Å². The van der Waals surface area contributed by atoms with Crippen molar-refractivity contribution in [2.24, 2.45) is 0 Å². The van der Waals surface area contributed by atoms with Gasteiger partial charge in [0.15, 0.2) is 0 Å². The number of hydrogen-bond acceptors (Lipinski definition) is 0. The molecule has 0 bridgehead atoms. The lowest BCUT2D eigenvalue weighted by Gasteiger charge is -1.92. The lowest BCUT2D eigenvalue weighted by molar-refractivity contribution is 1.75. The zero-order valence-electron chi connectivity index (χ0n) is 7.66. The van der Waals surface area contributed by atoms with Gasteiger partial charge in [-0.05, 0) is 10.8 Å². The molecule has 2 rings (SSSR count). The van der Waals surface area contributed by atoms with Gasteiger partial charge in [0.25, 0.3) is 0 Å². The second kappa shape index (κ2) is 12.2. The third-order valence-electron chi connectivity index (χ3n) is 1.66. The van der Waals surface area contributed by atoms with E-state index in [-0.39, 0.29) is 62.0 Å². The van der Waals surface area contributed by atoms with E-state index in [0.29, 0.717) is 0 Å². The zero-order chi connectivity index (χ0) is 6.81. The Bertz CT molecular complexity index is 285. The maximum absolute atomic E-state index is 2.12. The molecular weight excluding hydrogens is 297 g/mol. The van der Waals surface area contributed by atoms with Gasteiger partial charge in [-0.15, -0.1) is 62.0 Å². The molecular formula is C10H13Cl5. The Morgan fingerprint density at radius 3 is 0.800 bits per heavy atom. The van der Waals surface area contributed by atoms with Crippen LogP contribution in [-0.4, -0.2) is 0 Å². The summed E-state index contributed by atoms with van der Waals surface area (Å²) in [5.41, 5.74) is 0. The van der Waals surface area contributed by atoms with Crippen LogP contribution in [0, 0.1) is 0 Å². The largest absolute Gasteiger partial charge is 0.147 e. The molecule has 0 N–H and O–H groups in total. The highest BCUT2D eigenvalue weighted by atomic mass is 35.5. The molecule has 88 valence electrons. The first-order valence-electron chi connectivity index (χ1n) is 3.40. The van der Waals surface area contributed by atoms with Gasteiger partial charge in [-0.3, -0.25) is 0 Å². The van der Waals surface area contributed by atoms with Gasteiger partial charge >= 0.3 is 0 Å². The molecule has 0 aliphatic carbocycles. The summed E-state index contributed by atoms with van der Waals surface area (Å²) in [6, 6.07) is 16.7. The van der Waals surface area contributed by atoms with Crippen LogP contribution >= 0.6 is 62.0 Å². The Kier molecular flexibility index (Phi) is 19.9. The Hall–Kier alpha value is 0.150. The van der Waals surface area contributed by atoms with Crippen LogP contribution in [0.5, 0.6) is 0 Å². The molecule has 2 aromatic carbocycles. The molecule has 0 fully saturated rings. The molecule has 0 atom stereocenters. The number of hydrogen-bond donors (Lipinski definition) is 0. The minimum Gasteiger partial charge on any atom is -0.147 e. The summed E-state index contributed by atoms with van der Waals surface area (Å²) in [4.78, 5) is 0. The van der Waals surface area contributed by atoms with Crippen LogP contribution in [0.1, 0.15) is 0 Å². The smallest absolute Gasteiger partial charge is 0.0184 e. The highest BCUT2D eigenvalue weighted by molar-refractivity contribution is 5.86. The van der Waals surface area contributed by atoms with Gasteiger partial charge in [0.05, 0.1) is 0 Å². The molecule has 0 saturated carbocycles. The monoisotopic (exact) mass is 308 g/mol. The van der Waals surface area contributed by atoms with Crippen molar-refractivity contribution < 1.29 is 0 Å². The molecule has 0 saturated heterocycles. The highest BCUT2D eigenvalue weighted by Crippen LogP contribution is 2.11. The van der Waals surface area contributed by atoms with E-state index < -0.39 is 0 Å². The standard InChI is InChI=1S/C10H8.5ClH/c1-2-6-10-8-4-3-7-9(10)5-1;;;;;/h1-8H;5*1H. The number of fused-ring (bicyclic) bond motifs is 1. The first-order chi connectivity index (χ1) is 4.97. The van der Waals surface area contributed by atoms with Crippen LogP contribution in [0.3, 0.4) is 0 Å². The topological polar surface area (TPSA) is 0 Å². The molecule has 2 aromatic rings. The Morgan fingerprint density at radius 2 is 0.600 bits per heavy atom. The van der Waals surface area contributed by atoms with Crippen molar-refractivity contribution in [3.63, 3.8) is 0 Å². The minimum absolute atomic E-state index is 0. The van der Waals surface area contributed by atoms with Crippen LogP contribution in [0.25, 0.3) is 10.8 Å². The zero-order valence-corrected chi connectivity index (χ0v) is 11.7. The van der Waals surface area contributed by atoms with E-state index >= 15 is 0 Å². The molecule has 0 unspecified atom stereocenters. The molecule has 5 heteroatoms. The van der Waals surface area contributed by atoms with Crippen molar-refractivity contribution in [3.05, 3.63) is 48.5 Å². The average molecular weight is 310 g/mol. The first kappa shape index (κ1) is 24.4. The summed E-state index contributed by atoms with van der Waals surface area (Å²) in [7, 11) is 0. The summed E-state index contributed by atoms with van der Waals surface area (Å²) < 4.78 is 0. The maximum Gasteiger partial charge on any atom is -0.0184 e. The molecule has 0 aromatic heterocycles. The molecule has 0 spiro atoms. The van der Waals surface area contributed by atoms with E-state index in [1.54, 1.807) is 0 Å². The van der Waals surface area contributed by atoms with E-state index in [9.17, 15) is 0 Å². The summed E-state index contributed by atoms with van der Waals surface area (Å²) >= 11 is 0. The molecule has 15 heavy (non-hydrogen) atoms. The van der Waals surface area contributed by atoms with E-state index in [4.69, 9.17) is 0 Å². The van der Waals surface area contributed by atoms with Crippen molar-refractivity contribution in [2.45, 2.75) is 0 Å². The van der Waals surface area contributed by atoms with Gasteiger partial charge in [-0.25, -0.2) is 0 Å². The minimum atomic E-state index is 0. The summed E-state index contributed by atoms with van der Waals surface area (Å²) in [6.07, 6.45) is 0. The molecule has 0 aliphatic rings. The Labute approximate surface area is 121 Å². The fourth-order valence-electron chi connectivity index (χ4n) is 1.13. The second-order valence-corrected chi connectivity index (χ2v) is 2.35. The van der Waals surface area contributed by atoms with Gasteiger partial charge in [-0.2, -0.15) is 0 Å². The normalized spacial score (nSPS) is 6.67. The van der Waals surface area contributed by atoms with Gasteiger partial charge in [-0.1, -0.05) is 48.5 Å². The third kappa shape index (κ3) is 6.34. The molecule has 0 heterocycles. The number of halogens is 5. The van der Waals surface area contributed by atoms with Gasteiger partial charge < -0.3 is 0 Å². The summed E-state index contributed by atoms with van der Waals surface area (Å²) in [6.45, 7) is 0. The summed E-state index contributed by atoms with van der Waals surface area (Å²) in [5.74, 6) is 0. The van der Waals surface area contributed by atoms with Crippen molar-refractivity contribution in [1.82, 2.24) is 0 Å². The van der Waals surface area contributed by atoms with E-state index in [0.717, 1.165) is 0 Å². The lowest BCUT2D eigenvalue weighted by Crippen LogP contribution is -1.67. The van der Waals surface area contributed by atoms with E-state index in [1.807, 2.05) is 0 Å². The quantitative estimate of drug-likeness (QED) is 0.646. The lowest BCUT2D eigenvalue weighted by atomic mass is 10.1. The Balaban J connectivity index is -0.000000121. The maximum atomic E-state index is 2.12. The fraction of sp³-hybridized carbons (Fsp3) is 0. The number of rotatable bonds is 0. The van der Waals surface area contributed by atoms with Gasteiger partial charge in [0, 0.05) is 0 Å². The predicted octanol–water partition coefficient (Wildman–Crippen LogP) is 4.95. The molecule has 0 amide bonds. The van der Waals surface area contributed by atoms with Crippen LogP contribution in [0.2, 0.25) is 0 Å². The van der Waals surface area contributed by atoms with Gasteiger partial charge in [0.2, 0.25) is 0 Å². The van der Waals surface area contributed by atoms with E-state index in [2.05, 4.69) is 48.5 Å². The van der Waals surface area contributed by atoms with Crippen molar-refractivity contribution in [1.29, 1.82) is 0 Å². The van der Waals surface area contributed by atoms with Gasteiger partial charge in [0.1, 0.15) is 0 Å². The fourth-order valence-corrected chi connectivity index (χ4v) is 1.13. The third-order valence-corrected chi connectivity index (χ3v) is 1.66. The Morgan fingerprint density at radius 1 is 0.400 bits per heavy atom. The van der Waals surface area contributed by atoms with Crippen LogP contribution in [-0.2, 0) is 0 Å². The first-order valence-corrected chi connectivity index (χ1v) is 3.40. The van der Waals surface area contributed by atoms with Crippen LogP contribution in [0.4, 0.5) is 0 Å². The van der Waals surface area contributed by atoms with Crippen LogP contribution in [0.15, 0.2) is 48.5 Å². The van der Waals surface area contributed by atoms with Crippen LogP contribution < -0.4 is 0 Å². The SMILES string of the molecule is Cl.Cl.Cl.Cl.Cl.c1ccc2ccccc2c1. The summed E-state index contributed by atoms with van der Waals surface area (Å²) in [5, 5.41) is 2.62. The average Bonchev–Trinajstić information content (AvgIpc) is 2.05. The predicted molar refractivity (Wildman–Crippen MR) is 80.2 cm³/mol. The molecule has 0 aliphatic heterocycles. The second-order valence-electron chi connectivity index (χ2n) is 2.35. The molecule has 0 radical (unpaired) electrons. The number of benzene rings is 2. The van der Waals surface area contributed by atoms with Crippen molar-refractivity contribution >= 4 is 72.8 Å². The van der Waals surface area contributed by atoms with E-state index in [1.165, 1.54) is 10.8 Å². The molecule has 0 nitrogen and oxygen atoms in total.